The third-order valence-corrected chi connectivity index (χ3v) is 4.23. The van der Waals surface area contributed by atoms with Crippen molar-refractivity contribution in [3.63, 3.8) is 0 Å². The Kier molecular flexibility index (Phi) is 4.89. The van der Waals surface area contributed by atoms with E-state index in [2.05, 4.69) is 5.32 Å². The molecule has 0 amide bonds. The molecule has 1 N–H and O–H groups in total. The van der Waals surface area contributed by atoms with Crippen molar-refractivity contribution >= 4 is 23.3 Å². The second-order valence-electron chi connectivity index (χ2n) is 5.83. The number of rotatable bonds is 4. The van der Waals surface area contributed by atoms with Crippen LogP contribution in [0, 0.1) is 5.41 Å². The predicted molar refractivity (Wildman–Crippen MR) is 98.4 cm³/mol. The number of carbonyl (C=O) groups excluding carboxylic acids is 2. The van der Waals surface area contributed by atoms with Crippen molar-refractivity contribution in [1.82, 2.24) is 5.32 Å². The molecule has 0 unspecified atom stereocenters. The fraction of sp³-hybridized carbons (Fsp3) is 0.143. The van der Waals surface area contributed by atoms with E-state index in [1.54, 1.807) is 12.2 Å². The van der Waals surface area contributed by atoms with Crippen LogP contribution >= 0.6 is 0 Å². The van der Waals surface area contributed by atoms with Gasteiger partial charge < -0.3 is 14.8 Å². The number of dihydropyridines is 1. The predicted octanol–water partition coefficient (Wildman–Crippen LogP) is 3.00. The van der Waals surface area contributed by atoms with E-state index in [1.165, 1.54) is 14.2 Å². The first-order chi connectivity index (χ1) is 12.6. The molecule has 0 atom stereocenters. The fourth-order valence-electron chi connectivity index (χ4n) is 2.92. The Balaban J connectivity index is 2.21. The number of hydrogen-bond acceptors (Lipinski definition) is 5. The molecular formula is C21H19NO4. The van der Waals surface area contributed by atoms with Gasteiger partial charge in [-0.3, -0.25) is 9.59 Å². The minimum atomic E-state index is -1.66. The average molecular weight is 349 g/mol. The lowest BCUT2D eigenvalue weighted by Crippen LogP contribution is -2.41. The molecule has 2 aromatic rings. The average Bonchev–Trinajstić information content (AvgIpc) is 2.73. The first-order valence-corrected chi connectivity index (χ1v) is 8.11. The fourth-order valence-corrected chi connectivity index (χ4v) is 2.92. The van der Waals surface area contributed by atoms with E-state index in [1.807, 2.05) is 60.7 Å². The summed E-state index contributed by atoms with van der Waals surface area (Å²) in [6, 6.07) is 18.9. The highest BCUT2D eigenvalue weighted by Crippen LogP contribution is 2.36. The van der Waals surface area contributed by atoms with Crippen molar-refractivity contribution in [2.24, 2.45) is 5.41 Å². The lowest BCUT2D eigenvalue weighted by Gasteiger charge is -2.30. The molecule has 0 saturated carbocycles. The highest BCUT2D eigenvalue weighted by Gasteiger charge is 2.47. The van der Waals surface area contributed by atoms with Crippen LogP contribution in [-0.4, -0.2) is 26.2 Å². The van der Waals surface area contributed by atoms with E-state index in [9.17, 15) is 9.59 Å². The van der Waals surface area contributed by atoms with Crippen molar-refractivity contribution in [1.29, 1.82) is 0 Å². The Labute approximate surface area is 151 Å². The summed E-state index contributed by atoms with van der Waals surface area (Å²) in [5.41, 5.74) is 1.27. The molecule has 0 spiro atoms. The van der Waals surface area contributed by atoms with E-state index in [4.69, 9.17) is 9.47 Å². The van der Waals surface area contributed by atoms with Crippen molar-refractivity contribution < 1.29 is 19.1 Å². The molecule has 0 aromatic heterocycles. The third-order valence-electron chi connectivity index (χ3n) is 4.23. The second-order valence-corrected chi connectivity index (χ2v) is 5.83. The minimum Gasteiger partial charge on any atom is -0.468 e. The zero-order valence-corrected chi connectivity index (χ0v) is 14.6. The van der Waals surface area contributed by atoms with Gasteiger partial charge in [0.05, 0.1) is 14.2 Å². The summed E-state index contributed by atoms with van der Waals surface area (Å²) in [5, 5.41) is 3.31. The Morgan fingerprint density at radius 1 is 0.731 bits per heavy atom. The SMILES string of the molecule is COC(=O)C1(C(=O)OC)C=C(c2ccccc2)NC(c2ccccc2)=C1. The molecular weight excluding hydrogens is 330 g/mol. The van der Waals surface area contributed by atoms with Crippen LogP contribution in [0.3, 0.4) is 0 Å². The summed E-state index contributed by atoms with van der Waals surface area (Å²) in [4.78, 5) is 25.2. The first kappa shape index (κ1) is 17.5. The smallest absolute Gasteiger partial charge is 0.331 e. The Bertz CT molecular complexity index is 796. The molecule has 2 aromatic carbocycles. The van der Waals surface area contributed by atoms with Crippen molar-refractivity contribution in [3.8, 4) is 0 Å². The minimum absolute atomic E-state index is 0.628. The van der Waals surface area contributed by atoms with Gasteiger partial charge in [-0.1, -0.05) is 60.7 Å². The standard InChI is InChI=1S/C21H19NO4/c1-25-19(23)21(20(24)26-2)13-17(15-9-5-3-6-10-15)22-18(14-21)16-11-7-4-8-12-16/h3-14,22H,1-2H3. The van der Waals surface area contributed by atoms with Gasteiger partial charge in [0.15, 0.2) is 0 Å². The molecule has 1 aliphatic heterocycles. The van der Waals surface area contributed by atoms with E-state index < -0.39 is 17.4 Å². The molecule has 26 heavy (non-hydrogen) atoms. The molecule has 5 heteroatoms. The number of benzene rings is 2. The van der Waals surface area contributed by atoms with Crippen LogP contribution < -0.4 is 5.32 Å². The van der Waals surface area contributed by atoms with Gasteiger partial charge in [0.2, 0.25) is 5.41 Å². The number of methoxy groups -OCH3 is 2. The van der Waals surface area contributed by atoms with E-state index in [0.29, 0.717) is 11.4 Å². The van der Waals surface area contributed by atoms with Gasteiger partial charge in [-0.05, 0) is 23.3 Å². The Morgan fingerprint density at radius 2 is 1.12 bits per heavy atom. The molecule has 1 heterocycles. The molecule has 0 radical (unpaired) electrons. The monoisotopic (exact) mass is 349 g/mol. The number of nitrogens with one attached hydrogen (secondary N) is 1. The van der Waals surface area contributed by atoms with Gasteiger partial charge in [-0.25, -0.2) is 0 Å². The topological polar surface area (TPSA) is 64.6 Å². The van der Waals surface area contributed by atoms with Crippen LogP contribution in [0.2, 0.25) is 0 Å². The van der Waals surface area contributed by atoms with Crippen molar-refractivity contribution in [2.45, 2.75) is 0 Å². The third kappa shape index (κ3) is 3.11. The van der Waals surface area contributed by atoms with Crippen LogP contribution in [0.5, 0.6) is 0 Å². The molecule has 0 fully saturated rings. The van der Waals surface area contributed by atoms with Crippen LogP contribution in [-0.2, 0) is 19.1 Å². The highest BCUT2D eigenvalue weighted by atomic mass is 16.5. The van der Waals surface area contributed by atoms with Gasteiger partial charge in [0.1, 0.15) is 0 Å². The summed E-state index contributed by atoms with van der Waals surface area (Å²) < 4.78 is 9.86. The number of esters is 2. The molecule has 3 rings (SSSR count). The molecule has 132 valence electrons. The Morgan fingerprint density at radius 3 is 1.46 bits per heavy atom. The number of ether oxygens (including phenoxy) is 2. The van der Waals surface area contributed by atoms with Gasteiger partial charge in [-0.15, -0.1) is 0 Å². The zero-order valence-electron chi connectivity index (χ0n) is 14.6. The molecule has 0 bridgehead atoms. The molecule has 0 aliphatic carbocycles. The lowest BCUT2D eigenvalue weighted by atomic mass is 9.81. The quantitative estimate of drug-likeness (QED) is 0.679. The number of hydrogen-bond donors (Lipinski definition) is 1. The van der Waals surface area contributed by atoms with Gasteiger partial charge in [0.25, 0.3) is 0 Å². The van der Waals surface area contributed by atoms with Crippen molar-refractivity contribution in [2.75, 3.05) is 14.2 Å². The summed E-state index contributed by atoms with van der Waals surface area (Å²) in [5.74, 6) is -1.40. The normalized spacial score (nSPS) is 15.2. The first-order valence-electron chi connectivity index (χ1n) is 8.11. The van der Waals surface area contributed by atoms with Crippen LogP contribution in [0.15, 0.2) is 72.8 Å². The molecule has 0 saturated heterocycles. The summed E-state index contributed by atoms with van der Waals surface area (Å²) in [7, 11) is 2.50. The summed E-state index contributed by atoms with van der Waals surface area (Å²) in [6.07, 6.45) is 3.10. The van der Waals surface area contributed by atoms with E-state index >= 15 is 0 Å². The second kappa shape index (κ2) is 7.27. The van der Waals surface area contributed by atoms with Gasteiger partial charge in [0, 0.05) is 11.4 Å². The van der Waals surface area contributed by atoms with E-state index in [-0.39, 0.29) is 0 Å². The zero-order chi connectivity index (χ0) is 18.6. The largest absolute Gasteiger partial charge is 0.468 e. The van der Waals surface area contributed by atoms with Crippen molar-refractivity contribution in [3.05, 3.63) is 83.9 Å². The summed E-state index contributed by atoms with van der Waals surface area (Å²) >= 11 is 0. The maximum Gasteiger partial charge on any atom is 0.331 e. The van der Waals surface area contributed by atoms with Gasteiger partial charge >= 0.3 is 11.9 Å². The molecule has 5 nitrogen and oxygen atoms in total. The Hall–Kier alpha value is -3.34. The lowest BCUT2D eigenvalue weighted by molar-refractivity contribution is -0.161. The van der Waals surface area contributed by atoms with Gasteiger partial charge in [-0.2, -0.15) is 0 Å². The van der Waals surface area contributed by atoms with Crippen LogP contribution in [0.25, 0.3) is 11.4 Å². The van der Waals surface area contributed by atoms with Crippen LogP contribution in [0.1, 0.15) is 11.1 Å². The number of carbonyl (C=O) groups is 2. The maximum absolute atomic E-state index is 12.6. The summed E-state index contributed by atoms with van der Waals surface area (Å²) in [6.45, 7) is 0. The van der Waals surface area contributed by atoms with Crippen LogP contribution in [0.4, 0.5) is 0 Å². The molecule has 1 aliphatic rings. The highest BCUT2D eigenvalue weighted by molar-refractivity contribution is 6.08. The maximum atomic E-state index is 12.6. The van der Waals surface area contributed by atoms with E-state index in [0.717, 1.165) is 11.1 Å².